The average Bonchev–Trinajstić information content (AvgIpc) is 2.77. The molecule has 2 rings (SSSR count). The van der Waals surface area contributed by atoms with Crippen LogP contribution in [0.4, 0.5) is 0 Å². The van der Waals surface area contributed by atoms with E-state index in [1.54, 1.807) is 0 Å². The summed E-state index contributed by atoms with van der Waals surface area (Å²) in [6.45, 7) is 4.58. The normalized spacial score (nSPS) is 30.2. The summed E-state index contributed by atoms with van der Waals surface area (Å²) in [6.07, 6.45) is 29.0. The fourth-order valence-corrected chi connectivity index (χ4v) is 6.31. The van der Waals surface area contributed by atoms with Gasteiger partial charge in [-0.25, -0.2) is 0 Å². The van der Waals surface area contributed by atoms with E-state index in [4.69, 9.17) is 0 Å². The molecule has 0 bridgehead atoms. The summed E-state index contributed by atoms with van der Waals surface area (Å²) in [7, 11) is 0. The minimum Gasteiger partial charge on any atom is -0.198 e. The van der Waals surface area contributed by atoms with Crippen molar-refractivity contribution < 1.29 is 0 Å². The Morgan fingerprint density at radius 1 is 0.655 bits per heavy atom. The lowest BCUT2D eigenvalue weighted by Gasteiger charge is -2.41. The second-order valence-corrected chi connectivity index (χ2v) is 10.7. The van der Waals surface area contributed by atoms with Crippen LogP contribution in [-0.4, -0.2) is 0 Å². The molecular formula is C28H51N. The number of hydrogen-bond acceptors (Lipinski definition) is 1. The van der Waals surface area contributed by atoms with Crippen LogP contribution in [0.25, 0.3) is 0 Å². The second-order valence-electron chi connectivity index (χ2n) is 10.7. The summed E-state index contributed by atoms with van der Waals surface area (Å²) in [6, 6.07) is 2.78. The maximum atomic E-state index is 9.88. The van der Waals surface area contributed by atoms with Gasteiger partial charge in [-0.15, -0.1) is 0 Å². The van der Waals surface area contributed by atoms with E-state index in [2.05, 4.69) is 19.9 Å². The van der Waals surface area contributed by atoms with Gasteiger partial charge in [-0.05, 0) is 62.7 Å². The fraction of sp³-hybridized carbons (Fsp3) is 0.964. The zero-order chi connectivity index (χ0) is 20.8. The molecule has 2 aliphatic carbocycles. The Labute approximate surface area is 183 Å². The maximum Gasteiger partial charge on any atom is 0.0689 e. The number of unbranched alkanes of at least 4 members (excludes halogenated alkanes) is 9. The first kappa shape index (κ1) is 24.8. The smallest absolute Gasteiger partial charge is 0.0689 e. The topological polar surface area (TPSA) is 23.8 Å². The molecule has 2 fully saturated rings. The first-order valence-corrected chi connectivity index (χ1v) is 13.6. The Hall–Kier alpha value is -0.510. The van der Waals surface area contributed by atoms with Crippen molar-refractivity contribution in [2.24, 2.45) is 23.2 Å². The van der Waals surface area contributed by atoms with Gasteiger partial charge in [-0.1, -0.05) is 104 Å². The first-order valence-electron chi connectivity index (χ1n) is 13.6. The third-order valence-corrected chi connectivity index (χ3v) is 8.51. The summed E-state index contributed by atoms with van der Waals surface area (Å²) >= 11 is 0. The highest BCUT2D eigenvalue weighted by Crippen LogP contribution is 2.47. The molecule has 1 nitrogen and oxygen atoms in total. The Bertz CT molecular complexity index is 432. The summed E-state index contributed by atoms with van der Waals surface area (Å²) in [5.74, 6) is 2.95. The quantitative estimate of drug-likeness (QED) is 0.266. The molecule has 0 aliphatic heterocycles. The van der Waals surface area contributed by atoms with Gasteiger partial charge in [-0.3, -0.25) is 0 Å². The lowest BCUT2D eigenvalue weighted by molar-refractivity contribution is 0.114. The lowest BCUT2D eigenvalue weighted by Crippen LogP contribution is -2.31. The van der Waals surface area contributed by atoms with Crippen molar-refractivity contribution in [2.75, 3.05) is 0 Å². The zero-order valence-corrected chi connectivity index (χ0v) is 20.0. The molecule has 0 aromatic carbocycles. The van der Waals surface area contributed by atoms with Crippen molar-refractivity contribution >= 4 is 0 Å². The minimum atomic E-state index is 0.0394. The van der Waals surface area contributed by atoms with Gasteiger partial charge in [0.1, 0.15) is 0 Å². The molecule has 2 aliphatic rings. The van der Waals surface area contributed by atoms with Crippen LogP contribution in [0.1, 0.15) is 149 Å². The van der Waals surface area contributed by atoms with E-state index in [0.717, 1.165) is 17.8 Å². The highest BCUT2D eigenvalue weighted by Gasteiger charge is 2.38. The van der Waals surface area contributed by atoms with Crippen LogP contribution in [0.3, 0.4) is 0 Å². The van der Waals surface area contributed by atoms with Crippen LogP contribution >= 0.6 is 0 Å². The van der Waals surface area contributed by atoms with Gasteiger partial charge in [0.05, 0.1) is 11.5 Å². The van der Waals surface area contributed by atoms with Crippen molar-refractivity contribution in [1.82, 2.24) is 0 Å². The molecule has 0 N–H and O–H groups in total. The largest absolute Gasteiger partial charge is 0.198 e. The van der Waals surface area contributed by atoms with E-state index in [-0.39, 0.29) is 5.41 Å². The monoisotopic (exact) mass is 401 g/mol. The van der Waals surface area contributed by atoms with E-state index in [0.29, 0.717) is 0 Å². The van der Waals surface area contributed by atoms with Crippen LogP contribution in [0, 0.1) is 34.5 Å². The summed E-state index contributed by atoms with van der Waals surface area (Å²) in [5.41, 5.74) is 0.0394. The highest BCUT2D eigenvalue weighted by molar-refractivity contribution is 5.02. The molecule has 1 heteroatoms. The van der Waals surface area contributed by atoms with E-state index < -0.39 is 0 Å². The van der Waals surface area contributed by atoms with Crippen molar-refractivity contribution in [3.05, 3.63) is 0 Å². The molecule has 0 aromatic rings. The van der Waals surface area contributed by atoms with E-state index in [1.165, 1.54) is 135 Å². The van der Waals surface area contributed by atoms with Crippen LogP contribution in [0.2, 0.25) is 0 Å². The minimum absolute atomic E-state index is 0.0394. The van der Waals surface area contributed by atoms with Crippen LogP contribution < -0.4 is 0 Å². The molecular weight excluding hydrogens is 350 g/mol. The Balaban J connectivity index is 1.59. The van der Waals surface area contributed by atoms with Crippen molar-refractivity contribution in [3.8, 4) is 6.07 Å². The maximum absolute atomic E-state index is 9.88. The fourth-order valence-electron chi connectivity index (χ4n) is 6.31. The standard InChI is InChI=1S/C28H51N/c1-3-5-7-9-10-12-14-25-15-17-26(18-16-25)27-19-22-28(24-29,23-20-27)21-13-11-8-6-4-2/h25-27H,3-23H2,1-2H3/t25?,26?,27-,28+. The first-order chi connectivity index (χ1) is 14.2. The summed E-state index contributed by atoms with van der Waals surface area (Å²) < 4.78 is 0. The predicted octanol–water partition coefficient (Wildman–Crippen LogP) is 9.60. The molecule has 29 heavy (non-hydrogen) atoms. The molecule has 0 atom stereocenters. The van der Waals surface area contributed by atoms with E-state index in [1.807, 2.05) is 0 Å². The van der Waals surface area contributed by atoms with Gasteiger partial charge in [0.2, 0.25) is 0 Å². The van der Waals surface area contributed by atoms with Gasteiger partial charge < -0.3 is 0 Å². The zero-order valence-electron chi connectivity index (χ0n) is 20.0. The van der Waals surface area contributed by atoms with Crippen molar-refractivity contribution in [3.63, 3.8) is 0 Å². The molecule has 0 amide bonds. The SMILES string of the molecule is CCCCCCCCC1CCC([C@H]2CC[C@](C#N)(CCCCCCC)CC2)CC1. The Kier molecular flexibility index (Phi) is 12.4. The molecule has 0 spiro atoms. The Morgan fingerprint density at radius 2 is 1.17 bits per heavy atom. The van der Waals surface area contributed by atoms with E-state index >= 15 is 0 Å². The molecule has 168 valence electrons. The number of hydrogen-bond donors (Lipinski definition) is 0. The molecule has 0 unspecified atom stereocenters. The van der Waals surface area contributed by atoms with E-state index in [9.17, 15) is 5.26 Å². The highest BCUT2D eigenvalue weighted by atomic mass is 14.4. The molecule has 0 aromatic heterocycles. The third kappa shape index (κ3) is 9.02. The van der Waals surface area contributed by atoms with Crippen LogP contribution in [-0.2, 0) is 0 Å². The summed E-state index contributed by atoms with van der Waals surface area (Å²) in [5, 5.41) is 9.88. The van der Waals surface area contributed by atoms with Crippen molar-refractivity contribution in [1.29, 1.82) is 5.26 Å². The van der Waals surface area contributed by atoms with Crippen LogP contribution in [0.5, 0.6) is 0 Å². The number of nitriles is 1. The molecule has 0 saturated heterocycles. The molecule has 0 heterocycles. The Morgan fingerprint density at radius 3 is 1.76 bits per heavy atom. The lowest BCUT2D eigenvalue weighted by atomic mass is 9.63. The molecule has 2 saturated carbocycles. The van der Waals surface area contributed by atoms with Gasteiger partial charge >= 0.3 is 0 Å². The average molecular weight is 402 g/mol. The number of rotatable bonds is 14. The van der Waals surface area contributed by atoms with Crippen molar-refractivity contribution in [2.45, 2.75) is 149 Å². The molecule has 0 radical (unpaired) electrons. The predicted molar refractivity (Wildman–Crippen MR) is 127 cm³/mol. The van der Waals surface area contributed by atoms with Gasteiger partial charge in [0.25, 0.3) is 0 Å². The van der Waals surface area contributed by atoms with Crippen LogP contribution in [0.15, 0.2) is 0 Å². The third-order valence-electron chi connectivity index (χ3n) is 8.51. The van der Waals surface area contributed by atoms with Gasteiger partial charge in [-0.2, -0.15) is 5.26 Å². The summed E-state index contributed by atoms with van der Waals surface area (Å²) in [4.78, 5) is 0. The second kappa shape index (κ2) is 14.5. The number of nitrogens with zero attached hydrogens (tertiary/aromatic N) is 1. The van der Waals surface area contributed by atoms with Gasteiger partial charge in [0, 0.05) is 0 Å². The van der Waals surface area contributed by atoms with Gasteiger partial charge in [0.15, 0.2) is 0 Å².